The maximum atomic E-state index is 5.66. The lowest BCUT2D eigenvalue weighted by molar-refractivity contribution is 0.0901. The van der Waals surface area contributed by atoms with Crippen molar-refractivity contribution in [2.24, 2.45) is 0 Å². The number of anilines is 1. The minimum atomic E-state index is 0.748. The van der Waals surface area contributed by atoms with Crippen LogP contribution in [0.4, 0.5) is 5.82 Å². The summed E-state index contributed by atoms with van der Waals surface area (Å²) in [5, 5.41) is 1.17. The number of rotatable bonds is 5. The summed E-state index contributed by atoms with van der Waals surface area (Å²) < 4.78 is 6.87. The predicted octanol–water partition coefficient (Wildman–Crippen LogP) is 5.13. The molecule has 0 spiro atoms. The molecule has 1 aromatic carbocycles. The second-order valence-electron chi connectivity index (χ2n) is 10.7. The quantitative estimate of drug-likeness (QED) is 0.397. The Morgan fingerprint density at radius 1 is 0.946 bits per heavy atom. The van der Waals surface area contributed by atoms with Gasteiger partial charge in [-0.05, 0) is 57.0 Å². The SMILES string of the molecule is c1cc(-c2nc(N3CCOCC3)c3sc(CN4CCC(N5CCCCC5)CC4)cc3n2)c2cc[nH]c2c1. The van der Waals surface area contributed by atoms with Gasteiger partial charge in [0, 0.05) is 66.3 Å². The van der Waals surface area contributed by atoms with E-state index < -0.39 is 0 Å². The molecule has 6 heterocycles. The van der Waals surface area contributed by atoms with Crippen LogP contribution in [0.5, 0.6) is 0 Å². The first-order chi connectivity index (χ1) is 18.3. The maximum Gasteiger partial charge on any atom is 0.162 e. The van der Waals surface area contributed by atoms with Crippen molar-refractivity contribution in [2.45, 2.75) is 44.7 Å². The highest BCUT2D eigenvalue weighted by atomic mass is 32.1. The molecule has 3 saturated heterocycles. The third kappa shape index (κ3) is 4.76. The zero-order valence-corrected chi connectivity index (χ0v) is 22.3. The monoisotopic (exact) mass is 516 g/mol. The van der Waals surface area contributed by atoms with Gasteiger partial charge in [0.25, 0.3) is 0 Å². The van der Waals surface area contributed by atoms with Crippen LogP contribution < -0.4 is 4.90 Å². The molecular formula is C29H36N6OS. The predicted molar refractivity (Wildman–Crippen MR) is 151 cm³/mol. The number of aromatic amines is 1. The average Bonchev–Trinajstić information content (AvgIpc) is 3.60. The van der Waals surface area contributed by atoms with Crippen molar-refractivity contribution in [3.63, 3.8) is 0 Å². The Morgan fingerprint density at radius 3 is 2.62 bits per heavy atom. The minimum Gasteiger partial charge on any atom is -0.378 e. The van der Waals surface area contributed by atoms with Gasteiger partial charge in [0.15, 0.2) is 11.6 Å². The number of hydrogen-bond acceptors (Lipinski definition) is 7. The number of likely N-dealkylation sites (tertiary alicyclic amines) is 2. The highest BCUT2D eigenvalue weighted by Crippen LogP contribution is 2.36. The molecule has 3 aromatic heterocycles. The van der Waals surface area contributed by atoms with Crippen LogP contribution in [0.3, 0.4) is 0 Å². The van der Waals surface area contributed by atoms with Gasteiger partial charge in [-0.2, -0.15) is 0 Å². The molecule has 8 heteroatoms. The molecule has 0 aliphatic carbocycles. The second kappa shape index (κ2) is 10.3. The number of morpholine rings is 1. The number of piperidine rings is 2. The number of benzene rings is 1. The zero-order chi connectivity index (χ0) is 24.6. The van der Waals surface area contributed by atoms with Crippen LogP contribution in [-0.4, -0.2) is 83.3 Å². The van der Waals surface area contributed by atoms with Crippen molar-refractivity contribution in [3.8, 4) is 11.4 Å². The molecule has 3 fully saturated rings. The van der Waals surface area contributed by atoms with Gasteiger partial charge in [0.2, 0.25) is 0 Å². The van der Waals surface area contributed by atoms with Crippen LogP contribution in [0.1, 0.15) is 37.0 Å². The summed E-state index contributed by atoms with van der Waals surface area (Å²) in [4.78, 5) is 22.8. The fourth-order valence-electron chi connectivity index (χ4n) is 6.38. The van der Waals surface area contributed by atoms with Crippen molar-refractivity contribution in [3.05, 3.63) is 41.4 Å². The molecule has 0 bridgehead atoms. The summed E-state index contributed by atoms with van der Waals surface area (Å²) in [5.74, 6) is 1.88. The Morgan fingerprint density at radius 2 is 1.78 bits per heavy atom. The minimum absolute atomic E-state index is 0.748. The first-order valence-electron chi connectivity index (χ1n) is 14.0. The van der Waals surface area contributed by atoms with Gasteiger partial charge in [0.1, 0.15) is 0 Å². The number of thiophene rings is 1. The van der Waals surface area contributed by atoms with Gasteiger partial charge >= 0.3 is 0 Å². The normalized spacial score (nSPS) is 20.8. The van der Waals surface area contributed by atoms with E-state index in [4.69, 9.17) is 14.7 Å². The second-order valence-corrected chi connectivity index (χ2v) is 11.9. The number of nitrogens with zero attached hydrogens (tertiary/aromatic N) is 5. The molecule has 37 heavy (non-hydrogen) atoms. The number of ether oxygens (including phenoxy) is 1. The highest BCUT2D eigenvalue weighted by molar-refractivity contribution is 7.19. The van der Waals surface area contributed by atoms with E-state index in [0.717, 1.165) is 67.1 Å². The van der Waals surface area contributed by atoms with Crippen LogP contribution >= 0.6 is 11.3 Å². The van der Waals surface area contributed by atoms with E-state index in [1.54, 1.807) is 0 Å². The van der Waals surface area contributed by atoms with E-state index in [9.17, 15) is 0 Å². The van der Waals surface area contributed by atoms with Crippen LogP contribution in [0.2, 0.25) is 0 Å². The summed E-state index contributed by atoms with van der Waals surface area (Å²) in [6, 6.07) is 11.6. The lowest BCUT2D eigenvalue weighted by Gasteiger charge is -2.40. The number of nitrogens with one attached hydrogen (secondary N) is 1. The van der Waals surface area contributed by atoms with Crippen LogP contribution in [-0.2, 0) is 11.3 Å². The Bertz CT molecular complexity index is 1360. The molecule has 7 nitrogen and oxygen atoms in total. The van der Waals surface area contributed by atoms with Crippen LogP contribution in [0.25, 0.3) is 32.5 Å². The van der Waals surface area contributed by atoms with E-state index in [1.807, 2.05) is 17.5 Å². The summed E-state index contributed by atoms with van der Waals surface area (Å²) >= 11 is 1.88. The molecule has 0 saturated carbocycles. The summed E-state index contributed by atoms with van der Waals surface area (Å²) in [7, 11) is 0. The number of fused-ring (bicyclic) bond motifs is 2. The van der Waals surface area contributed by atoms with Crippen molar-refractivity contribution in [2.75, 3.05) is 57.4 Å². The topological polar surface area (TPSA) is 60.5 Å². The Hall–Kier alpha value is -2.52. The zero-order valence-electron chi connectivity index (χ0n) is 21.5. The van der Waals surface area contributed by atoms with Gasteiger partial charge in [0.05, 0.1) is 23.4 Å². The molecule has 0 radical (unpaired) electrons. The standard InChI is InChI=1S/C29H36N6OS/c1-2-11-34(12-3-1)21-8-13-33(14-9-21)20-22-19-26-27(37-22)29(35-15-17-36-18-16-35)32-28(31-26)24-5-4-6-25-23(24)7-10-30-25/h4-7,10,19,21,30H,1-3,8-9,11-18,20H2. The molecule has 1 N–H and O–H groups in total. The van der Waals surface area contributed by atoms with Crippen molar-refractivity contribution < 1.29 is 4.74 Å². The Balaban J connectivity index is 1.17. The van der Waals surface area contributed by atoms with Crippen LogP contribution in [0, 0.1) is 0 Å². The molecule has 0 amide bonds. The first kappa shape index (κ1) is 23.6. The molecule has 194 valence electrons. The van der Waals surface area contributed by atoms with Crippen molar-refractivity contribution in [1.82, 2.24) is 24.8 Å². The summed E-state index contributed by atoms with van der Waals surface area (Å²) in [6.45, 7) is 9.26. The molecular weight excluding hydrogens is 480 g/mol. The lowest BCUT2D eigenvalue weighted by Crippen LogP contribution is -2.46. The van der Waals surface area contributed by atoms with E-state index >= 15 is 0 Å². The Kier molecular flexibility index (Phi) is 6.58. The van der Waals surface area contributed by atoms with Gasteiger partial charge in [-0.25, -0.2) is 9.97 Å². The van der Waals surface area contributed by atoms with E-state index in [1.165, 1.54) is 73.2 Å². The van der Waals surface area contributed by atoms with E-state index in [-0.39, 0.29) is 0 Å². The number of hydrogen-bond donors (Lipinski definition) is 1. The van der Waals surface area contributed by atoms with E-state index in [0.29, 0.717) is 0 Å². The van der Waals surface area contributed by atoms with Crippen LogP contribution in [0.15, 0.2) is 36.5 Å². The fraction of sp³-hybridized carbons (Fsp3) is 0.517. The summed E-state index contributed by atoms with van der Waals surface area (Å²) in [5.41, 5.74) is 3.28. The van der Waals surface area contributed by atoms with E-state index in [2.05, 4.69) is 50.0 Å². The summed E-state index contributed by atoms with van der Waals surface area (Å²) in [6.07, 6.45) is 8.78. The molecule has 3 aliphatic rings. The van der Waals surface area contributed by atoms with Gasteiger partial charge in [-0.3, -0.25) is 4.90 Å². The smallest absolute Gasteiger partial charge is 0.162 e. The first-order valence-corrected chi connectivity index (χ1v) is 14.8. The van der Waals surface area contributed by atoms with Crippen molar-refractivity contribution in [1.29, 1.82) is 0 Å². The molecule has 0 unspecified atom stereocenters. The molecule has 7 rings (SSSR count). The van der Waals surface area contributed by atoms with Gasteiger partial charge in [-0.15, -0.1) is 11.3 Å². The Labute approximate surface area is 222 Å². The number of aromatic nitrogens is 3. The maximum absolute atomic E-state index is 5.66. The molecule has 0 atom stereocenters. The van der Waals surface area contributed by atoms with Gasteiger partial charge in [-0.1, -0.05) is 18.6 Å². The number of H-pyrrole nitrogens is 1. The highest BCUT2D eigenvalue weighted by Gasteiger charge is 2.26. The third-order valence-electron chi connectivity index (χ3n) is 8.39. The average molecular weight is 517 g/mol. The largest absolute Gasteiger partial charge is 0.378 e. The molecule has 3 aliphatic heterocycles. The van der Waals surface area contributed by atoms with Crippen molar-refractivity contribution >= 4 is 38.3 Å². The van der Waals surface area contributed by atoms with Gasteiger partial charge < -0.3 is 19.5 Å². The lowest BCUT2D eigenvalue weighted by atomic mass is 10.00. The molecule has 4 aromatic rings. The third-order valence-corrected chi connectivity index (χ3v) is 9.50. The fourth-order valence-corrected chi connectivity index (χ4v) is 7.53.